The van der Waals surface area contributed by atoms with Crippen molar-refractivity contribution in [3.63, 3.8) is 0 Å². The molecule has 0 aliphatic carbocycles. The van der Waals surface area contributed by atoms with Crippen LogP contribution in [0.15, 0.2) is 41.1 Å². The number of amides is 1. The van der Waals surface area contributed by atoms with Crippen molar-refractivity contribution in [2.24, 2.45) is 0 Å². The lowest BCUT2D eigenvalue weighted by Crippen LogP contribution is -2.15. The van der Waals surface area contributed by atoms with E-state index in [1.807, 2.05) is 26.0 Å². The summed E-state index contributed by atoms with van der Waals surface area (Å²) in [4.78, 5) is 12.2. The molecule has 3 rings (SSSR count). The van der Waals surface area contributed by atoms with Crippen LogP contribution in [0.5, 0.6) is 0 Å². The second-order valence-corrected chi connectivity index (χ2v) is 5.90. The molecule has 0 saturated heterocycles. The van der Waals surface area contributed by atoms with Gasteiger partial charge in [0.1, 0.15) is 11.6 Å². The Morgan fingerprint density at radius 1 is 1.33 bits per heavy atom. The Hall–Kier alpha value is -2.60. The van der Waals surface area contributed by atoms with Gasteiger partial charge >= 0.3 is 0 Å². The van der Waals surface area contributed by atoms with Gasteiger partial charge in [-0.25, -0.2) is 4.68 Å². The highest BCUT2D eigenvalue weighted by molar-refractivity contribution is 6.30. The Kier molecular flexibility index (Phi) is 4.66. The van der Waals surface area contributed by atoms with Crippen molar-refractivity contribution >= 4 is 23.3 Å². The number of aryl methyl sites for hydroxylation is 2. The van der Waals surface area contributed by atoms with Crippen molar-refractivity contribution in [3.05, 3.63) is 58.6 Å². The number of benzene rings is 1. The molecule has 1 aromatic carbocycles. The molecule has 0 saturated carbocycles. The smallest absolute Gasteiger partial charge is 0.225 e. The quantitative estimate of drug-likeness (QED) is 0.765. The van der Waals surface area contributed by atoms with Crippen LogP contribution < -0.4 is 5.32 Å². The van der Waals surface area contributed by atoms with E-state index in [0.717, 1.165) is 22.7 Å². The maximum Gasteiger partial charge on any atom is 0.225 e. The van der Waals surface area contributed by atoms with Gasteiger partial charge in [0.15, 0.2) is 0 Å². The predicted octanol–water partition coefficient (Wildman–Crippen LogP) is 3.70. The molecule has 1 N–H and O–H groups in total. The number of aromatic nitrogens is 3. The van der Waals surface area contributed by atoms with Crippen molar-refractivity contribution in [3.8, 4) is 5.69 Å². The van der Waals surface area contributed by atoms with E-state index in [2.05, 4.69) is 15.6 Å². The molecule has 0 unspecified atom stereocenters. The van der Waals surface area contributed by atoms with Gasteiger partial charge in [-0.3, -0.25) is 4.79 Å². The first-order valence-corrected chi connectivity index (χ1v) is 7.94. The summed E-state index contributed by atoms with van der Waals surface area (Å²) >= 11 is 6.01. The first kappa shape index (κ1) is 16.3. The SMILES string of the molecule is Cc1noc(C)c1CCC(=O)Nc1ccnn1-c1cccc(Cl)c1. The van der Waals surface area contributed by atoms with Crippen molar-refractivity contribution in [2.45, 2.75) is 26.7 Å². The monoisotopic (exact) mass is 344 g/mol. The molecule has 2 aromatic heterocycles. The fourth-order valence-corrected chi connectivity index (χ4v) is 2.70. The number of nitrogens with zero attached hydrogens (tertiary/aromatic N) is 3. The van der Waals surface area contributed by atoms with Crippen LogP contribution in [-0.4, -0.2) is 20.8 Å². The van der Waals surface area contributed by atoms with Gasteiger partial charge in [-0.05, 0) is 38.5 Å². The van der Waals surface area contributed by atoms with Gasteiger partial charge in [0.25, 0.3) is 0 Å². The third-order valence-corrected chi connectivity index (χ3v) is 3.98. The van der Waals surface area contributed by atoms with Crippen molar-refractivity contribution in [1.29, 1.82) is 0 Å². The largest absolute Gasteiger partial charge is 0.361 e. The van der Waals surface area contributed by atoms with E-state index in [1.54, 1.807) is 29.1 Å². The molecule has 0 atom stereocenters. The number of rotatable bonds is 5. The van der Waals surface area contributed by atoms with E-state index >= 15 is 0 Å². The number of hydrogen-bond donors (Lipinski definition) is 1. The van der Waals surface area contributed by atoms with Crippen LogP contribution in [0.4, 0.5) is 5.82 Å². The summed E-state index contributed by atoms with van der Waals surface area (Å²) in [6.07, 6.45) is 2.55. The van der Waals surface area contributed by atoms with Gasteiger partial charge < -0.3 is 9.84 Å². The topological polar surface area (TPSA) is 73.0 Å². The molecule has 2 heterocycles. The van der Waals surface area contributed by atoms with E-state index in [0.29, 0.717) is 23.7 Å². The number of carbonyl (C=O) groups is 1. The molecule has 6 nitrogen and oxygen atoms in total. The number of hydrogen-bond acceptors (Lipinski definition) is 4. The van der Waals surface area contributed by atoms with Crippen LogP contribution in [0.25, 0.3) is 5.69 Å². The van der Waals surface area contributed by atoms with Gasteiger partial charge in [-0.15, -0.1) is 0 Å². The fourth-order valence-electron chi connectivity index (χ4n) is 2.51. The van der Waals surface area contributed by atoms with Crippen molar-refractivity contribution in [1.82, 2.24) is 14.9 Å². The van der Waals surface area contributed by atoms with Crippen LogP contribution in [0, 0.1) is 13.8 Å². The molecular formula is C17H17ClN4O2. The number of carbonyl (C=O) groups excluding carboxylic acids is 1. The summed E-state index contributed by atoms with van der Waals surface area (Å²) in [5.74, 6) is 1.25. The molecule has 0 spiro atoms. The number of halogens is 1. The standard InChI is InChI=1S/C17H17ClN4O2/c1-11-15(12(2)24-21-11)6-7-17(23)20-16-8-9-19-22(16)14-5-3-4-13(18)10-14/h3-5,8-10H,6-7H2,1-2H3,(H,20,23). The Labute approximate surface area is 144 Å². The Morgan fingerprint density at radius 3 is 2.88 bits per heavy atom. The third kappa shape index (κ3) is 3.49. The van der Waals surface area contributed by atoms with Gasteiger partial charge in [0.05, 0.1) is 17.6 Å². The fraction of sp³-hybridized carbons (Fsp3) is 0.235. The Balaban J connectivity index is 1.69. The van der Waals surface area contributed by atoms with Crippen LogP contribution in [0.3, 0.4) is 0 Å². The first-order valence-electron chi connectivity index (χ1n) is 7.56. The Morgan fingerprint density at radius 2 is 2.17 bits per heavy atom. The second-order valence-electron chi connectivity index (χ2n) is 5.46. The summed E-state index contributed by atoms with van der Waals surface area (Å²) in [5, 5.41) is 11.6. The van der Waals surface area contributed by atoms with Gasteiger partial charge in [-0.1, -0.05) is 22.8 Å². The van der Waals surface area contributed by atoms with Gasteiger partial charge in [-0.2, -0.15) is 5.10 Å². The average molecular weight is 345 g/mol. The normalized spacial score (nSPS) is 10.8. The molecule has 0 radical (unpaired) electrons. The maximum atomic E-state index is 12.2. The number of anilines is 1. The molecule has 0 bridgehead atoms. The lowest BCUT2D eigenvalue weighted by atomic mass is 10.1. The molecule has 7 heteroatoms. The van der Waals surface area contributed by atoms with Crippen LogP contribution in [0.2, 0.25) is 5.02 Å². The number of nitrogens with one attached hydrogen (secondary N) is 1. The first-order chi connectivity index (χ1) is 11.5. The summed E-state index contributed by atoms with van der Waals surface area (Å²) in [6.45, 7) is 3.72. The van der Waals surface area contributed by atoms with E-state index in [9.17, 15) is 4.79 Å². The highest BCUT2D eigenvalue weighted by Gasteiger charge is 2.13. The van der Waals surface area contributed by atoms with Crippen molar-refractivity contribution < 1.29 is 9.32 Å². The minimum atomic E-state index is -0.0984. The van der Waals surface area contributed by atoms with Gasteiger partial charge in [0.2, 0.25) is 5.91 Å². The summed E-state index contributed by atoms with van der Waals surface area (Å²) in [5.41, 5.74) is 2.59. The maximum absolute atomic E-state index is 12.2. The van der Waals surface area contributed by atoms with E-state index in [-0.39, 0.29) is 5.91 Å². The molecule has 0 fully saturated rings. The minimum Gasteiger partial charge on any atom is -0.361 e. The lowest BCUT2D eigenvalue weighted by Gasteiger charge is -2.09. The molecule has 1 amide bonds. The van der Waals surface area contributed by atoms with Crippen LogP contribution in [0.1, 0.15) is 23.4 Å². The predicted molar refractivity (Wildman–Crippen MR) is 91.5 cm³/mol. The molecule has 0 aliphatic heterocycles. The summed E-state index contributed by atoms with van der Waals surface area (Å²) in [7, 11) is 0. The third-order valence-electron chi connectivity index (χ3n) is 3.75. The zero-order chi connectivity index (χ0) is 17.1. The van der Waals surface area contributed by atoms with E-state index in [4.69, 9.17) is 16.1 Å². The molecule has 3 aromatic rings. The van der Waals surface area contributed by atoms with Crippen LogP contribution in [-0.2, 0) is 11.2 Å². The molecular weight excluding hydrogens is 328 g/mol. The lowest BCUT2D eigenvalue weighted by molar-refractivity contribution is -0.116. The van der Waals surface area contributed by atoms with Gasteiger partial charge in [0, 0.05) is 23.1 Å². The van der Waals surface area contributed by atoms with E-state index < -0.39 is 0 Å². The van der Waals surface area contributed by atoms with Crippen LogP contribution >= 0.6 is 11.6 Å². The zero-order valence-corrected chi connectivity index (χ0v) is 14.2. The highest BCUT2D eigenvalue weighted by Crippen LogP contribution is 2.19. The highest BCUT2D eigenvalue weighted by atomic mass is 35.5. The molecule has 124 valence electrons. The second kappa shape index (κ2) is 6.88. The van der Waals surface area contributed by atoms with E-state index in [1.165, 1.54) is 0 Å². The Bertz CT molecular complexity index is 850. The summed E-state index contributed by atoms with van der Waals surface area (Å²) in [6, 6.07) is 9.03. The minimum absolute atomic E-state index is 0.0984. The average Bonchev–Trinajstić information content (AvgIpc) is 3.13. The molecule has 0 aliphatic rings. The molecule has 24 heavy (non-hydrogen) atoms. The zero-order valence-electron chi connectivity index (χ0n) is 13.4. The van der Waals surface area contributed by atoms with Crippen molar-refractivity contribution in [2.75, 3.05) is 5.32 Å². The summed E-state index contributed by atoms with van der Waals surface area (Å²) < 4.78 is 6.75.